The summed E-state index contributed by atoms with van der Waals surface area (Å²) < 4.78 is 18.9. The van der Waals surface area contributed by atoms with Gasteiger partial charge < -0.3 is 13.0 Å². The van der Waals surface area contributed by atoms with Crippen LogP contribution in [0.2, 0.25) is 48.9 Å². The molecular weight excluding hydrogens is 364 g/mol. The van der Waals surface area contributed by atoms with Gasteiger partial charge in [0.25, 0.3) is 0 Å². The zero-order chi connectivity index (χ0) is 20.1. The van der Waals surface area contributed by atoms with E-state index >= 15 is 0 Å². The second kappa shape index (κ2) is 9.64. The Balaban J connectivity index is 5.63. The SMILES string of the molecule is C=CC(=O)OCC[Si](C)(O[Si](C)(C)C)O[Si](C(C)C)(C(C)C)C(C)C. The van der Waals surface area contributed by atoms with Crippen LogP contribution in [0.5, 0.6) is 0 Å². The number of hydrogen-bond acceptors (Lipinski definition) is 4. The second-order valence-corrected chi connectivity index (χ2v) is 22.7. The Kier molecular flexibility index (Phi) is 9.56. The van der Waals surface area contributed by atoms with Crippen LogP contribution in [-0.4, -0.2) is 37.8 Å². The van der Waals surface area contributed by atoms with Crippen LogP contribution < -0.4 is 0 Å². The van der Waals surface area contributed by atoms with E-state index in [0.29, 0.717) is 29.3 Å². The lowest BCUT2D eigenvalue weighted by Gasteiger charge is -2.49. The van der Waals surface area contributed by atoms with Gasteiger partial charge in [0, 0.05) is 12.1 Å². The third-order valence-electron chi connectivity index (χ3n) is 4.59. The summed E-state index contributed by atoms with van der Waals surface area (Å²) in [6.45, 7) is 26.2. The smallest absolute Gasteiger partial charge is 0.330 e. The monoisotopic (exact) mass is 404 g/mol. The fourth-order valence-corrected chi connectivity index (χ4v) is 20.7. The van der Waals surface area contributed by atoms with E-state index in [9.17, 15) is 4.79 Å². The lowest BCUT2D eigenvalue weighted by molar-refractivity contribution is -0.137. The number of carbonyl (C=O) groups excluding carboxylic acids is 1. The van der Waals surface area contributed by atoms with E-state index in [1.807, 2.05) is 0 Å². The molecule has 0 aromatic heterocycles. The topological polar surface area (TPSA) is 44.8 Å². The van der Waals surface area contributed by atoms with Crippen LogP contribution in [0.4, 0.5) is 0 Å². The van der Waals surface area contributed by atoms with Crippen molar-refractivity contribution in [3.63, 3.8) is 0 Å². The van der Waals surface area contributed by atoms with Gasteiger partial charge in [-0.1, -0.05) is 48.1 Å². The van der Waals surface area contributed by atoms with Crippen LogP contribution in [0.1, 0.15) is 41.5 Å². The second-order valence-electron chi connectivity index (χ2n) is 8.89. The van der Waals surface area contributed by atoms with Crippen molar-refractivity contribution in [3.8, 4) is 0 Å². The van der Waals surface area contributed by atoms with Crippen LogP contribution in [-0.2, 0) is 17.8 Å². The van der Waals surface area contributed by atoms with Crippen molar-refractivity contribution in [2.75, 3.05) is 6.61 Å². The average Bonchev–Trinajstić information content (AvgIpc) is 2.41. The predicted molar refractivity (Wildman–Crippen MR) is 114 cm³/mol. The van der Waals surface area contributed by atoms with Gasteiger partial charge in [0.15, 0.2) is 16.6 Å². The van der Waals surface area contributed by atoms with Crippen molar-refractivity contribution in [1.82, 2.24) is 0 Å². The van der Waals surface area contributed by atoms with E-state index in [1.165, 1.54) is 6.08 Å². The third-order valence-corrected chi connectivity index (χ3v) is 18.4. The maximum Gasteiger partial charge on any atom is 0.330 e. The summed E-state index contributed by atoms with van der Waals surface area (Å²) >= 11 is 0. The van der Waals surface area contributed by atoms with E-state index in [0.717, 1.165) is 0 Å². The Morgan fingerprint density at radius 2 is 1.36 bits per heavy atom. The Hall–Kier alpha value is -0.219. The summed E-state index contributed by atoms with van der Waals surface area (Å²) in [6, 6.07) is 0.664. The molecule has 0 aromatic rings. The van der Waals surface area contributed by atoms with Crippen LogP contribution in [0.25, 0.3) is 0 Å². The van der Waals surface area contributed by atoms with E-state index in [-0.39, 0.29) is 5.97 Å². The van der Waals surface area contributed by atoms with E-state index in [2.05, 4.69) is 74.3 Å². The summed E-state index contributed by atoms with van der Waals surface area (Å²) in [7, 11) is -6.31. The molecule has 0 N–H and O–H groups in total. The molecule has 0 amide bonds. The van der Waals surface area contributed by atoms with Gasteiger partial charge in [-0.2, -0.15) is 0 Å². The first-order valence-electron chi connectivity index (χ1n) is 9.39. The molecular formula is C18H40O4Si3. The van der Waals surface area contributed by atoms with Gasteiger partial charge in [0.2, 0.25) is 0 Å². The van der Waals surface area contributed by atoms with Crippen molar-refractivity contribution in [3.05, 3.63) is 12.7 Å². The maximum atomic E-state index is 11.4. The molecule has 7 heteroatoms. The van der Waals surface area contributed by atoms with Gasteiger partial charge in [-0.25, -0.2) is 4.79 Å². The number of rotatable bonds is 11. The Morgan fingerprint density at radius 1 is 0.920 bits per heavy atom. The number of esters is 1. The summed E-state index contributed by atoms with van der Waals surface area (Å²) in [6.07, 6.45) is 1.20. The van der Waals surface area contributed by atoms with Crippen molar-refractivity contribution in [2.45, 2.75) is 90.4 Å². The summed E-state index contributed by atoms with van der Waals surface area (Å²) in [5.74, 6) is -0.385. The number of hydrogen-bond donors (Lipinski definition) is 0. The van der Waals surface area contributed by atoms with Gasteiger partial charge in [-0.05, 0) is 42.8 Å². The van der Waals surface area contributed by atoms with Crippen molar-refractivity contribution >= 4 is 31.2 Å². The maximum absolute atomic E-state index is 11.4. The van der Waals surface area contributed by atoms with Gasteiger partial charge in [-0.3, -0.25) is 0 Å². The van der Waals surface area contributed by atoms with Gasteiger partial charge in [0.1, 0.15) is 0 Å². The first-order chi connectivity index (χ1) is 11.2. The molecule has 0 saturated heterocycles. The molecule has 1 atom stereocenters. The average molecular weight is 405 g/mol. The molecule has 0 spiro atoms. The van der Waals surface area contributed by atoms with E-state index in [1.54, 1.807) is 0 Å². The van der Waals surface area contributed by atoms with E-state index in [4.69, 9.17) is 13.0 Å². The van der Waals surface area contributed by atoms with E-state index < -0.39 is 25.2 Å². The standard InChI is InChI=1S/C18H40O4Si3/c1-12-18(19)20-13-14-24(11,21-23(8,9)10)22-25(15(2)3,16(4)5)17(6)7/h12,15-17H,1,13-14H2,2-11H3. The van der Waals surface area contributed by atoms with Crippen LogP contribution in [0.15, 0.2) is 12.7 Å². The number of ether oxygens (including phenoxy) is 1. The number of carbonyl (C=O) groups is 1. The molecule has 25 heavy (non-hydrogen) atoms. The minimum atomic E-state index is -2.48. The first kappa shape index (κ1) is 24.8. The lowest BCUT2D eigenvalue weighted by atomic mass is 10.5. The highest BCUT2D eigenvalue weighted by atomic mass is 28.5. The van der Waals surface area contributed by atoms with Gasteiger partial charge in [-0.15, -0.1) is 0 Å². The Bertz CT molecular complexity index is 422. The lowest BCUT2D eigenvalue weighted by Crippen LogP contribution is -2.59. The summed E-state index contributed by atoms with van der Waals surface area (Å²) in [5.41, 5.74) is 1.50. The highest BCUT2D eigenvalue weighted by molar-refractivity contribution is 6.90. The van der Waals surface area contributed by atoms with Crippen LogP contribution in [0.3, 0.4) is 0 Å². The fraction of sp³-hybridized carbons (Fsp3) is 0.833. The molecule has 0 saturated carbocycles. The molecule has 0 bridgehead atoms. The fourth-order valence-electron chi connectivity index (χ4n) is 3.89. The van der Waals surface area contributed by atoms with Crippen molar-refractivity contribution in [2.24, 2.45) is 0 Å². The normalized spacial score (nSPS) is 15.6. The molecule has 4 nitrogen and oxygen atoms in total. The molecule has 0 aliphatic heterocycles. The molecule has 0 aliphatic rings. The molecule has 0 rings (SSSR count). The highest BCUT2D eigenvalue weighted by Gasteiger charge is 2.51. The van der Waals surface area contributed by atoms with Crippen LogP contribution >= 0.6 is 0 Å². The zero-order valence-electron chi connectivity index (χ0n) is 18.1. The molecule has 0 aromatic carbocycles. The summed E-state index contributed by atoms with van der Waals surface area (Å²) in [5, 5.41) is 0. The quantitative estimate of drug-likeness (QED) is 0.247. The minimum absolute atomic E-state index is 0.330. The molecule has 0 heterocycles. The molecule has 0 radical (unpaired) electrons. The predicted octanol–water partition coefficient (Wildman–Crippen LogP) is 5.83. The molecule has 0 aliphatic carbocycles. The highest BCUT2D eigenvalue weighted by Crippen LogP contribution is 2.45. The Morgan fingerprint density at radius 3 is 1.68 bits per heavy atom. The third kappa shape index (κ3) is 7.50. The molecule has 0 fully saturated rings. The van der Waals surface area contributed by atoms with Crippen LogP contribution in [0, 0.1) is 0 Å². The zero-order valence-corrected chi connectivity index (χ0v) is 21.1. The van der Waals surface area contributed by atoms with Gasteiger partial charge >= 0.3 is 14.5 Å². The summed E-state index contributed by atoms with van der Waals surface area (Å²) in [4.78, 5) is 11.4. The first-order valence-corrected chi connectivity index (χ1v) is 17.5. The van der Waals surface area contributed by atoms with Crippen molar-refractivity contribution in [1.29, 1.82) is 0 Å². The van der Waals surface area contributed by atoms with Crippen molar-refractivity contribution < 1.29 is 17.8 Å². The molecule has 148 valence electrons. The largest absolute Gasteiger partial charge is 0.463 e. The minimum Gasteiger partial charge on any atom is -0.463 e. The molecule has 1 unspecified atom stereocenters. The Labute approximate surface area is 158 Å². The van der Waals surface area contributed by atoms with Gasteiger partial charge in [0.05, 0.1) is 6.61 Å².